The monoisotopic (exact) mass is 191 g/mol. The van der Waals surface area contributed by atoms with E-state index in [1.807, 2.05) is 24.3 Å². The Balaban J connectivity index is 2.33. The van der Waals surface area contributed by atoms with E-state index in [9.17, 15) is 0 Å². The molecule has 3 nitrogen and oxygen atoms in total. The van der Waals surface area contributed by atoms with Gasteiger partial charge in [-0.1, -0.05) is 6.07 Å². The lowest BCUT2D eigenvalue weighted by Crippen LogP contribution is -2.15. The maximum absolute atomic E-state index is 5.91. The molecule has 1 atom stereocenters. The summed E-state index contributed by atoms with van der Waals surface area (Å²) < 4.78 is 10.2. The van der Waals surface area contributed by atoms with Gasteiger partial charge in [-0.05, 0) is 23.8 Å². The number of methoxy groups -OCH3 is 1. The normalized spacial score (nSPS) is 13.3. The Labute approximate surface area is 82.5 Å². The third-order valence-electron chi connectivity index (χ3n) is 2.25. The summed E-state index contributed by atoms with van der Waals surface area (Å²) in [5.41, 5.74) is 7.87. The molecule has 0 aliphatic carbocycles. The third-order valence-corrected chi connectivity index (χ3v) is 2.25. The van der Waals surface area contributed by atoms with Gasteiger partial charge in [0, 0.05) is 12.5 Å². The Morgan fingerprint density at radius 1 is 1.43 bits per heavy atom. The van der Waals surface area contributed by atoms with Gasteiger partial charge in [-0.2, -0.15) is 0 Å². The Morgan fingerprint density at radius 3 is 3.07 bits per heavy atom. The highest BCUT2D eigenvalue weighted by Gasteiger charge is 2.06. The SMILES string of the molecule is COCC(N)c1ccc2occc2c1. The second-order valence-corrected chi connectivity index (χ2v) is 3.28. The molecule has 0 amide bonds. The lowest BCUT2D eigenvalue weighted by atomic mass is 10.1. The number of benzene rings is 1. The van der Waals surface area contributed by atoms with E-state index in [-0.39, 0.29) is 6.04 Å². The summed E-state index contributed by atoms with van der Waals surface area (Å²) >= 11 is 0. The van der Waals surface area contributed by atoms with Gasteiger partial charge >= 0.3 is 0 Å². The highest BCUT2D eigenvalue weighted by atomic mass is 16.5. The van der Waals surface area contributed by atoms with E-state index < -0.39 is 0 Å². The molecule has 0 bridgehead atoms. The number of hydrogen-bond donors (Lipinski definition) is 1. The van der Waals surface area contributed by atoms with Crippen LogP contribution in [0.15, 0.2) is 34.9 Å². The fourth-order valence-electron chi connectivity index (χ4n) is 1.49. The van der Waals surface area contributed by atoms with Crippen molar-refractivity contribution in [2.24, 2.45) is 5.73 Å². The van der Waals surface area contributed by atoms with Crippen molar-refractivity contribution in [2.75, 3.05) is 13.7 Å². The number of rotatable bonds is 3. The van der Waals surface area contributed by atoms with Gasteiger partial charge in [0.15, 0.2) is 0 Å². The van der Waals surface area contributed by atoms with Crippen molar-refractivity contribution < 1.29 is 9.15 Å². The van der Waals surface area contributed by atoms with Crippen LogP contribution in [0.3, 0.4) is 0 Å². The standard InChI is InChI=1S/C11H13NO2/c1-13-7-10(12)8-2-3-11-9(6-8)4-5-14-11/h2-6,10H,7,12H2,1H3. The molecular formula is C11H13NO2. The first-order valence-corrected chi connectivity index (χ1v) is 4.53. The van der Waals surface area contributed by atoms with Crippen LogP contribution in [0.5, 0.6) is 0 Å². The fourth-order valence-corrected chi connectivity index (χ4v) is 1.49. The molecule has 1 aromatic carbocycles. The van der Waals surface area contributed by atoms with E-state index in [4.69, 9.17) is 14.9 Å². The van der Waals surface area contributed by atoms with E-state index in [0.717, 1.165) is 16.5 Å². The molecule has 0 aliphatic heterocycles. The number of furan rings is 1. The van der Waals surface area contributed by atoms with Gasteiger partial charge in [0.05, 0.1) is 18.9 Å². The average molecular weight is 191 g/mol. The Morgan fingerprint density at radius 2 is 2.29 bits per heavy atom. The molecule has 14 heavy (non-hydrogen) atoms. The molecule has 2 N–H and O–H groups in total. The smallest absolute Gasteiger partial charge is 0.133 e. The summed E-state index contributed by atoms with van der Waals surface area (Å²) in [4.78, 5) is 0. The van der Waals surface area contributed by atoms with Crippen molar-refractivity contribution in [3.05, 3.63) is 36.1 Å². The van der Waals surface area contributed by atoms with Gasteiger partial charge < -0.3 is 14.9 Å². The van der Waals surface area contributed by atoms with Crippen LogP contribution < -0.4 is 5.73 Å². The van der Waals surface area contributed by atoms with Gasteiger partial charge in [-0.3, -0.25) is 0 Å². The summed E-state index contributed by atoms with van der Waals surface area (Å²) in [6.07, 6.45) is 1.68. The van der Waals surface area contributed by atoms with E-state index in [1.165, 1.54) is 0 Å². The van der Waals surface area contributed by atoms with E-state index in [0.29, 0.717) is 6.61 Å². The summed E-state index contributed by atoms with van der Waals surface area (Å²) in [6, 6.07) is 7.79. The van der Waals surface area contributed by atoms with E-state index in [1.54, 1.807) is 13.4 Å². The number of fused-ring (bicyclic) bond motifs is 1. The zero-order chi connectivity index (χ0) is 9.97. The van der Waals surface area contributed by atoms with Gasteiger partial charge in [-0.15, -0.1) is 0 Å². The first-order valence-electron chi connectivity index (χ1n) is 4.53. The van der Waals surface area contributed by atoms with Crippen LogP contribution in [0.25, 0.3) is 11.0 Å². The number of nitrogens with two attached hydrogens (primary N) is 1. The topological polar surface area (TPSA) is 48.4 Å². The second kappa shape index (κ2) is 3.82. The van der Waals surface area contributed by atoms with Crippen LogP contribution >= 0.6 is 0 Å². The first kappa shape index (κ1) is 9.24. The summed E-state index contributed by atoms with van der Waals surface area (Å²) in [5.74, 6) is 0. The minimum absolute atomic E-state index is 0.0701. The van der Waals surface area contributed by atoms with Gasteiger partial charge in [0.1, 0.15) is 5.58 Å². The zero-order valence-electron chi connectivity index (χ0n) is 8.07. The minimum atomic E-state index is -0.0701. The van der Waals surface area contributed by atoms with Crippen molar-refractivity contribution in [3.8, 4) is 0 Å². The average Bonchev–Trinajstić information content (AvgIpc) is 2.64. The Kier molecular flexibility index (Phi) is 2.52. The van der Waals surface area contributed by atoms with Gasteiger partial charge in [0.2, 0.25) is 0 Å². The van der Waals surface area contributed by atoms with Crippen LogP contribution in [0.4, 0.5) is 0 Å². The van der Waals surface area contributed by atoms with Crippen molar-refractivity contribution in [1.82, 2.24) is 0 Å². The van der Waals surface area contributed by atoms with Gasteiger partial charge in [0.25, 0.3) is 0 Å². The molecule has 2 aromatic rings. The molecule has 1 unspecified atom stereocenters. The molecule has 2 rings (SSSR count). The predicted octanol–water partition coefficient (Wildman–Crippen LogP) is 2.08. The predicted molar refractivity (Wildman–Crippen MR) is 55.0 cm³/mol. The molecule has 0 spiro atoms. The van der Waals surface area contributed by atoms with Crippen molar-refractivity contribution in [2.45, 2.75) is 6.04 Å². The Bertz CT molecular complexity index is 422. The van der Waals surface area contributed by atoms with Crippen molar-refractivity contribution in [3.63, 3.8) is 0 Å². The molecule has 74 valence electrons. The molecule has 3 heteroatoms. The van der Waals surface area contributed by atoms with Crippen LogP contribution in [-0.2, 0) is 4.74 Å². The molecule has 0 fully saturated rings. The summed E-state index contributed by atoms with van der Waals surface area (Å²) in [5, 5.41) is 1.08. The largest absolute Gasteiger partial charge is 0.464 e. The number of ether oxygens (including phenoxy) is 1. The quantitative estimate of drug-likeness (QED) is 0.808. The minimum Gasteiger partial charge on any atom is -0.464 e. The maximum atomic E-state index is 5.91. The van der Waals surface area contributed by atoms with E-state index in [2.05, 4.69) is 0 Å². The molecule has 0 saturated heterocycles. The lowest BCUT2D eigenvalue weighted by molar-refractivity contribution is 0.181. The molecule has 1 aromatic heterocycles. The van der Waals surface area contributed by atoms with Crippen LogP contribution in [0, 0.1) is 0 Å². The molecule has 0 aliphatic rings. The first-order chi connectivity index (χ1) is 6.81. The summed E-state index contributed by atoms with van der Waals surface area (Å²) in [7, 11) is 1.65. The highest BCUT2D eigenvalue weighted by Crippen LogP contribution is 2.20. The van der Waals surface area contributed by atoms with Crippen LogP contribution in [0.1, 0.15) is 11.6 Å². The van der Waals surface area contributed by atoms with Crippen molar-refractivity contribution >= 4 is 11.0 Å². The Hall–Kier alpha value is -1.32. The van der Waals surface area contributed by atoms with Crippen LogP contribution in [-0.4, -0.2) is 13.7 Å². The molecule has 0 radical (unpaired) electrons. The maximum Gasteiger partial charge on any atom is 0.133 e. The van der Waals surface area contributed by atoms with Gasteiger partial charge in [-0.25, -0.2) is 0 Å². The second-order valence-electron chi connectivity index (χ2n) is 3.28. The summed E-state index contributed by atoms with van der Waals surface area (Å²) in [6.45, 7) is 0.531. The molecule has 1 heterocycles. The zero-order valence-corrected chi connectivity index (χ0v) is 8.07. The number of hydrogen-bond acceptors (Lipinski definition) is 3. The van der Waals surface area contributed by atoms with E-state index >= 15 is 0 Å². The fraction of sp³-hybridized carbons (Fsp3) is 0.273. The highest BCUT2D eigenvalue weighted by molar-refractivity contribution is 5.77. The third kappa shape index (κ3) is 1.64. The van der Waals surface area contributed by atoms with Crippen LogP contribution in [0.2, 0.25) is 0 Å². The van der Waals surface area contributed by atoms with Crippen molar-refractivity contribution in [1.29, 1.82) is 0 Å². The lowest BCUT2D eigenvalue weighted by Gasteiger charge is -2.10. The molecule has 0 saturated carbocycles. The molecular weight excluding hydrogens is 178 g/mol.